The van der Waals surface area contributed by atoms with Crippen molar-refractivity contribution in [2.75, 3.05) is 5.32 Å². The number of carbonyl (C=O) groups excluding carboxylic acids is 2. The number of hydrogen-bond acceptors (Lipinski definition) is 4. The summed E-state index contributed by atoms with van der Waals surface area (Å²) in [6.45, 7) is 1.52. The minimum Gasteiger partial charge on any atom is -0.318 e. The number of rotatable bonds is 1. The predicted molar refractivity (Wildman–Crippen MR) is 50.8 cm³/mol. The first-order chi connectivity index (χ1) is 7.00. The standard InChI is InChI=1S/C9H6N2O4/c1-4-2-5-6(3-7(4)11(14)15)10-9(13)8(5)12/h2-3H,1H3,(H,10,12,13). The molecule has 15 heavy (non-hydrogen) atoms. The van der Waals surface area contributed by atoms with E-state index in [1.165, 1.54) is 19.1 Å². The molecule has 1 N–H and O–H groups in total. The average molecular weight is 206 g/mol. The molecule has 1 heterocycles. The number of hydrogen-bond donors (Lipinski definition) is 1. The van der Waals surface area contributed by atoms with Gasteiger partial charge < -0.3 is 5.32 Å². The minimum absolute atomic E-state index is 0.108. The fraction of sp³-hybridized carbons (Fsp3) is 0.111. The van der Waals surface area contributed by atoms with Crippen molar-refractivity contribution < 1.29 is 14.5 Å². The van der Waals surface area contributed by atoms with Gasteiger partial charge in [0.05, 0.1) is 16.2 Å². The van der Waals surface area contributed by atoms with Crippen molar-refractivity contribution in [3.8, 4) is 0 Å². The van der Waals surface area contributed by atoms with E-state index in [0.29, 0.717) is 5.56 Å². The second kappa shape index (κ2) is 2.88. The number of aryl methyl sites for hydroxylation is 1. The summed E-state index contributed by atoms with van der Waals surface area (Å²) in [6, 6.07) is 2.56. The highest BCUT2D eigenvalue weighted by Crippen LogP contribution is 2.30. The molecule has 1 aliphatic rings. The number of nitrogens with one attached hydrogen (secondary N) is 1. The van der Waals surface area contributed by atoms with Gasteiger partial charge in [0.15, 0.2) is 0 Å². The van der Waals surface area contributed by atoms with Crippen LogP contribution in [0, 0.1) is 17.0 Å². The molecule has 1 aromatic carbocycles. The normalized spacial score (nSPS) is 13.7. The second-order valence-corrected chi connectivity index (χ2v) is 3.22. The Morgan fingerprint density at radius 1 is 1.33 bits per heavy atom. The molecule has 1 aromatic rings. The Balaban J connectivity index is 2.64. The third-order valence-corrected chi connectivity index (χ3v) is 2.23. The van der Waals surface area contributed by atoms with Gasteiger partial charge in [-0.3, -0.25) is 19.7 Å². The van der Waals surface area contributed by atoms with Crippen molar-refractivity contribution in [3.63, 3.8) is 0 Å². The lowest BCUT2D eigenvalue weighted by Crippen LogP contribution is -2.12. The van der Waals surface area contributed by atoms with E-state index in [-0.39, 0.29) is 16.9 Å². The maximum Gasteiger partial charge on any atom is 0.296 e. The number of Topliss-reactive ketones (excluding diaryl/α,β-unsaturated/α-hetero) is 1. The van der Waals surface area contributed by atoms with Crippen LogP contribution < -0.4 is 5.32 Å². The van der Waals surface area contributed by atoms with Crippen molar-refractivity contribution in [3.05, 3.63) is 33.4 Å². The molecule has 0 aliphatic carbocycles. The summed E-state index contributed by atoms with van der Waals surface area (Å²) < 4.78 is 0. The molecule has 0 saturated carbocycles. The van der Waals surface area contributed by atoms with Gasteiger partial charge in [-0.2, -0.15) is 0 Å². The zero-order chi connectivity index (χ0) is 11.2. The zero-order valence-corrected chi connectivity index (χ0v) is 7.73. The number of ketones is 1. The van der Waals surface area contributed by atoms with Crippen LogP contribution in [0.1, 0.15) is 15.9 Å². The van der Waals surface area contributed by atoms with Gasteiger partial charge in [-0.25, -0.2) is 0 Å². The lowest BCUT2D eigenvalue weighted by Gasteiger charge is -2.00. The van der Waals surface area contributed by atoms with E-state index in [1.807, 2.05) is 0 Å². The molecule has 0 aromatic heterocycles. The van der Waals surface area contributed by atoms with Crippen LogP contribution in [0.3, 0.4) is 0 Å². The topological polar surface area (TPSA) is 89.3 Å². The van der Waals surface area contributed by atoms with Crippen LogP contribution in [-0.2, 0) is 4.79 Å². The maximum absolute atomic E-state index is 11.2. The van der Waals surface area contributed by atoms with Crippen molar-refractivity contribution in [1.82, 2.24) is 0 Å². The molecule has 0 bridgehead atoms. The number of nitro groups is 1. The Morgan fingerprint density at radius 2 is 2.00 bits per heavy atom. The van der Waals surface area contributed by atoms with Gasteiger partial charge in [-0.15, -0.1) is 0 Å². The van der Waals surface area contributed by atoms with Gasteiger partial charge in [-0.1, -0.05) is 0 Å². The van der Waals surface area contributed by atoms with Crippen molar-refractivity contribution in [2.24, 2.45) is 0 Å². The van der Waals surface area contributed by atoms with Gasteiger partial charge in [-0.05, 0) is 13.0 Å². The molecule has 0 radical (unpaired) electrons. The summed E-state index contributed by atoms with van der Waals surface area (Å²) in [5.74, 6) is -1.40. The summed E-state index contributed by atoms with van der Waals surface area (Å²) in [5.41, 5.74) is 0.665. The summed E-state index contributed by atoms with van der Waals surface area (Å²) in [4.78, 5) is 32.3. The van der Waals surface area contributed by atoms with E-state index in [9.17, 15) is 19.7 Å². The van der Waals surface area contributed by atoms with E-state index in [1.54, 1.807) is 0 Å². The highest BCUT2D eigenvalue weighted by molar-refractivity contribution is 6.51. The second-order valence-electron chi connectivity index (χ2n) is 3.22. The number of nitro benzene ring substituents is 1. The van der Waals surface area contributed by atoms with E-state index >= 15 is 0 Å². The fourth-order valence-corrected chi connectivity index (χ4v) is 1.49. The summed E-state index contributed by atoms with van der Waals surface area (Å²) in [6.07, 6.45) is 0. The molecule has 0 atom stereocenters. The third-order valence-electron chi connectivity index (χ3n) is 2.23. The molecular weight excluding hydrogens is 200 g/mol. The van der Waals surface area contributed by atoms with Crippen molar-refractivity contribution >= 4 is 23.1 Å². The summed E-state index contributed by atoms with van der Waals surface area (Å²) in [5, 5.41) is 12.9. The lowest BCUT2D eigenvalue weighted by molar-refractivity contribution is -0.385. The van der Waals surface area contributed by atoms with Crippen LogP contribution in [0.15, 0.2) is 12.1 Å². The van der Waals surface area contributed by atoms with Gasteiger partial charge in [0.25, 0.3) is 17.4 Å². The van der Waals surface area contributed by atoms with Crippen molar-refractivity contribution in [2.45, 2.75) is 6.92 Å². The van der Waals surface area contributed by atoms with Gasteiger partial charge in [0, 0.05) is 11.6 Å². The number of amides is 1. The first-order valence-corrected chi connectivity index (χ1v) is 4.15. The number of benzene rings is 1. The minimum atomic E-state index is -0.745. The molecule has 76 valence electrons. The largest absolute Gasteiger partial charge is 0.318 e. The maximum atomic E-state index is 11.2. The highest BCUT2D eigenvalue weighted by Gasteiger charge is 2.30. The Morgan fingerprint density at radius 3 is 2.60 bits per heavy atom. The van der Waals surface area contributed by atoms with Crippen LogP contribution in [0.5, 0.6) is 0 Å². The molecule has 0 fully saturated rings. The van der Waals surface area contributed by atoms with Crippen LogP contribution in [0.25, 0.3) is 0 Å². The van der Waals surface area contributed by atoms with Crippen LogP contribution in [0.4, 0.5) is 11.4 Å². The monoisotopic (exact) mass is 206 g/mol. The molecule has 0 spiro atoms. The van der Waals surface area contributed by atoms with Gasteiger partial charge in [0.1, 0.15) is 0 Å². The van der Waals surface area contributed by atoms with Crippen LogP contribution in [0.2, 0.25) is 0 Å². The Kier molecular flexibility index (Phi) is 1.79. The van der Waals surface area contributed by atoms with E-state index in [4.69, 9.17) is 0 Å². The summed E-state index contributed by atoms with van der Waals surface area (Å²) >= 11 is 0. The van der Waals surface area contributed by atoms with Crippen LogP contribution >= 0.6 is 0 Å². The summed E-state index contributed by atoms with van der Waals surface area (Å²) in [7, 11) is 0. The fourth-order valence-electron chi connectivity index (χ4n) is 1.49. The molecule has 0 saturated heterocycles. The molecule has 1 amide bonds. The van der Waals surface area contributed by atoms with E-state index in [2.05, 4.69) is 5.32 Å². The third kappa shape index (κ3) is 1.26. The number of nitrogens with zero attached hydrogens (tertiary/aromatic N) is 1. The SMILES string of the molecule is Cc1cc2c(cc1[N+](=O)[O-])NC(=O)C2=O. The molecule has 6 heteroatoms. The molecule has 6 nitrogen and oxygen atoms in total. The Labute approximate surface area is 84.0 Å². The number of carbonyl (C=O) groups is 2. The average Bonchev–Trinajstić information content (AvgIpc) is 2.43. The Hall–Kier alpha value is -2.24. The Bertz CT molecular complexity index is 507. The first-order valence-electron chi connectivity index (χ1n) is 4.15. The molecule has 0 unspecified atom stereocenters. The quantitative estimate of drug-likeness (QED) is 0.422. The van der Waals surface area contributed by atoms with E-state index in [0.717, 1.165) is 0 Å². The zero-order valence-electron chi connectivity index (χ0n) is 7.73. The lowest BCUT2D eigenvalue weighted by atomic mass is 10.1. The molecule has 1 aliphatic heterocycles. The van der Waals surface area contributed by atoms with Crippen molar-refractivity contribution in [1.29, 1.82) is 0 Å². The number of anilines is 1. The number of fused-ring (bicyclic) bond motifs is 1. The smallest absolute Gasteiger partial charge is 0.296 e. The first kappa shape index (κ1) is 9.32. The molecular formula is C9H6N2O4. The van der Waals surface area contributed by atoms with E-state index < -0.39 is 16.6 Å². The molecule has 2 rings (SSSR count). The highest BCUT2D eigenvalue weighted by atomic mass is 16.6. The predicted octanol–water partition coefficient (Wildman–Crippen LogP) is 1.04. The van der Waals surface area contributed by atoms with Crippen LogP contribution in [-0.4, -0.2) is 16.6 Å². The van der Waals surface area contributed by atoms with Gasteiger partial charge >= 0.3 is 0 Å². The van der Waals surface area contributed by atoms with Gasteiger partial charge in [0.2, 0.25) is 0 Å².